The number of fused-ring (bicyclic) bond motifs is 5. The molecule has 1 N–H and O–H groups in total. The minimum Gasteiger partial charge on any atom is -0.396 e. The largest absolute Gasteiger partial charge is 0.396 e. The van der Waals surface area contributed by atoms with Gasteiger partial charge in [0.25, 0.3) is 0 Å². The predicted octanol–water partition coefficient (Wildman–Crippen LogP) is 5.99. The number of hydrogen-bond acceptors (Lipinski definition) is 2. The Labute approximate surface area is 167 Å². The van der Waals surface area contributed by atoms with Crippen LogP contribution in [0.2, 0.25) is 0 Å². The molecular formula is C25H42O2. The van der Waals surface area contributed by atoms with Crippen LogP contribution < -0.4 is 0 Å². The zero-order chi connectivity index (χ0) is 19.2. The molecule has 27 heavy (non-hydrogen) atoms. The maximum atomic E-state index is 9.27. The van der Waals surface area contributed by atoms with Gasteiger partial charge < -0.3 is 9.84 Å². The molecule has 4 rings (SSSR count). The van der Waals surface area contributed by atoms with Gasteiger partial charge in [-0.05, 0) is 105 Å². The molecule has 2 nitrogen and oxygen atoms in total. The van der Waals surface area contributed by atoms with Crippen LogP contribution in [0, 0.1) is 40.4 Å². The molecule has 0 heterocycles. The fourth-order valence-electron chi connectivity index (χ4n) is 8.42. The first-order valence-electron chi connectivity index (χ1n) is 11.8. The highest BCUT2D eigenvalue weighted by atomic mass is 16.5. The third-order valence-corrected chi connectivity index (χ3v) is 9.97. The number of allylic oxidation sites excluding steroid dienone is 1. The highest BCUT2D eigenvalue weighted by Crippen LogP contribution is 2.67. The van der Waals surface area contributed by atoms with Crippen molar-refractivity contribution in [3.05, 3.63) is 11.6 Å². The lowest BCUT2D eigenvalue weighted by atomic mass is 9.47. The molecule has 3 fully saturated rings. The normalized spacial score (nSPS) is 47.6. The molecule has 154 valence electrons. The third-order valence-electron chi connectivity index (χ3n) is 9.97. The fraction of sp³-hybridized carbons (Fsp3) is 0.920. The van der Waals surface area contributed by atoms with Gasteiger partial charge in [-0.25, -0.2) is 0 Å². The van der Waals surface area contributed by atoms with Crippen molar-refractivity contribution in [1.29, 1.82) is 0 Å². The average Bonchev–Trinajstić information content (AvgIpc) is 3.02. The maximum Gasteiger partial charge on any atom is 0.0608 e. The standard InChI is InChI=1S/C25H42O2/c1-17(6-5-15-26)21-9-10-22-20-8-7-18-16-19(27-4)11-13-24(18,2)23(20)12-14-25(21,22)3/h7,17,19-23,26H,5-6,8-16H2,1-4H3/t17-,19+,20+,21-,22+,23+,24+,25-/m1/s1. The van der Waals surface area contributed by atoms with E-state index in [1.807, 2.05) is 7.11 Å². The van der Waals surface area contributed by atoms with Gasteiger partial charge in [0.1, 0.15) is 0 Å². The Balaban J connectivity index is 1.55. The molecule has 0 radical (unpaired) electrons. The van der Waals surface area contributed by atoms with Crippen molar-refractivity contribution in [2.24, 2.45) is 40.4 Å². The molecule has 3 saturated carbocycles. The van der Waals surface area contributed by atoms with Crippen LogP contribution in [0.3, 0.4) is 0 Å². The summed E-state index contributed by atoms with van der Waals surface area (Å²) < 4.78 is 5.72. The topological polar surface area (TPSA) is 29.5 Å². The number of aliphatic hydroxyl groups is 1. The Morgan fingerprint density at radius 1 is 1.15 bits per heavy atom. The zero-order valence-electron chi connectivity index (χ0n) is 18.2. The van der Waals surface area contributed by atoms with Crippen molar-refractivity contribution >= 4 is 0 Å². The number of ether oxygens (including phenoxy) is 1. The van der Waals surface area contributed by atoms with Crippen molar-refractivity contribution in [2.75, 3.05) is 13.7 Å². The molecular weight excluding hydrogens is 332 g/mol. The van der Waals surface area contributed by atoms with Gasteiger partial charge in [0, 0.05) is 13.7 Å². The molecule has 0 unspecified atom stereocenters. The van der Waals surface area contributed by atoms with E-state index < -0.39 is 0 Å². The van der Waals surface area contributed by atoms with E-state index in [0.29, 0.717) is 23.5 Å². The SMILES string of the molecule is CO[C@H]1CC[C@@]2(C)C(=CC[C@H]3[C@@H]4CC[C@H]([C@H](C)CCCO)[C@@]4(C)CC[C@@H]32)C1. The van der Waals surface area contributed by atoms with Crippen molar-refractivity contribution in [1.82, 2.24) is 0 Å². The maximum absolute atomic E-state index is 9.27. The first-order valence-corrected chi connectivity index (χ1v) is 11.8. The summed E-state index contributed by atoms with van der Waals surface area (Å²) in [6, 6.07) is 0. The summed E-state index contributed by atoms with van der Waals surface area (Å²) >= 11 is 0. The Morgan fingerprint density at radius 3 is 2.70 bits per heavy atom. The van der Waals surface area contributed by atoms with Crippen LogP contribution >= 0.6 is 0 Å². The molecule has 2 heteroatoms. The van der Waals surface area contributed by atoms with Gasteiger partial charge in [0.15, 0.2) is 0 Å². The summed E-state index contributed by atoms with van der Waals surface area (Å²) in [6.07, 6.45) is 16.1. The molecule has 4 aliphatic carbocycles. The number of rotatable bonds is 5. The Kier molecular flexibility index (Phi) is 5.53. The number of methoxy groups -OCH3 is 1. The minimum atomic E-state index is 0.357. The molecule has 0 bridgehead atoms. The molecule has 0 aromatic rings. The summed E-state index contributed by atoms with van der Waals surface area (Å²) in [6.45, 7) is 8.06. The summed E-state index contributed by atoms with van der Waals surface area (Å²) in [7, 11) is 1.89. The lowest BCUT2D eigenvalue weighted by Crippen LogP contribution is -2.50. The number of aliphatic hydroxyl groups excluding tert-OH is 1. The summed E-state index contributed by atoms with van der Waals surface area (Å²) in [4.78, 5) is 0. The second-order valence-corrected chi connectivity index (χ2v) is 10.9. The Hall–Kier alpha value is -0.340. The van der Waals surface area contributed by atoms with Gasteiger partial charge in [-0.2, -0.15) is 0 Å². The first-order chi connectivity index (χ1) is 12.9. The molecule has 0 aromatic carbocycles. The Bertz CT molecular complexity index is 569. The van der Waals surface area contributed by atoms with Crippen LogP contribution in [0.1, 0.15) is 85.0 Å². The van der Waals surface area contributed by atoms with Gasteiger partial charge in [0.05, 0.1) is 6.10 Å². The average molecular weight is 375 g/mol. The highest BCUT2D eigenvalue weighted by Gasteiger charge is 2.59. The van der Waals surface area contributed by atoms with Gasteiger partial charge >= 0.3 is 0 Å². The molecule has 4 aliphatic rings. The summed E-state index contributed by atoms with van der Waals surface area (Å²) in [5.41, 5.74) is 2.72. The monoisotopic (exact) mass is 374 g/mol. The lowest BCUT2D eigenvalue weighted by molar-refractivity contribution is -0.0602. The zero-order valence-corrected chi connectivity index (χ0v) is 18.2. The summed E-state index contributed by atoms with van der Waals surface area (Å²) in [5.74, 6) is 4.38. The van der Waals surface area contributed by atoms with Crippen LogP contribution in [0.4, 0.5) is 0 Å². The van der Waals surface area contributed by atoms with Gasteiger partial charge in [-0.1, -0.05) is 32.4 Å². The fourth-order valence-corrected chi connectivity index (χ4v) is 8.42. The Morgan fingerprint density at radius 2 is 1.96 bits per heavy atom. The van der Waals surface area contributed by atoms with Gasteiger partial charge in [0.2, 0.25) is 0 Å². The number of hydrogen-bond donors (Lipinski definition) is 1. The molecule has 0 amide bonds. The molecule has 0 aromatic heterocycles. The van der Waals surface area contributed by atoms with Crippen molar-refractivity contribution in [3.8, 4) is 0 Å². The molecule has 0 aliphatic heterocycles. The van der Waals surface area contributed by atoms with E-state index in [2.05, 4.69) is 26.8 Å². The first kappa shape index (κ1) is 20.0. The third kappa shape index (κ3) is 3.14. The molecule has 0 saturated heterocycles. The van der Waals surface area contributed by atoms with E-state index in [1.54, 1.807) is 5.57 Å². The van der Waals surface area contributed by atoms with Crippen LogP contribution in [-0.2, 0) is 4.74 Å². The van der Waals surface area contributed by atoms with E-state index in [9.17, 15) is 5.11 Å². The minimum absolute atomic E-state index is 0.357. The van der Waals surface area contributed by atoms with E-state index in [1.165, 1.54) is 57.8 Å². The van der Waals surface area contributed by atoms with E-state index in [-0.39, 0.29) is 0 Å². The van der Waals surface area contributed by atoms with E-state index in [4.69, 9.17) is 4.74 Å². The smallest absolute Gasteiger partial charge is 0.0608 e. The predicted molar refractivity (Wildman–Crippen MR) is 111 cm³/mol. The van der Waals surface area contributed by atoms with E-state index >= 15 is 0 Å². The van der Waals surface area contributed by atoms with Crippen molar-refractivity contribution in [3.63, 3.8) is 0 Å². The highest BCUT2D eigenvalue weighted by molar-refractivity contribution is 5.25. The summed E-state index contributed by atoms with van der Waals surface area (Å²) in [5, 5.41) is 9.27. The quantitative estimate of drug-likeness (QED) is 0.599. The van der Waals surface area contributed by atoms with Gasteiger partial charge in [-0.3, -0.25) is 0 Å². The van der Waals surface area contributed by atoms with Gasteiger partial charge in [-0.15, -0.1) is 0 Å². The lowest BCUT2D eigenvalue weighted by Gasteiger charge is -2.58. The van der Waals surface area contributed by atoms with E-state index in [0.717, 1.165) is 36.0 Å². The van der Waals surface area contributed by atoms with Crippen molar-refractivity contribution < 1.29 is 9.84 Å². The van der Waals surface area contributed by atoms with Crippen LogP contribution in [0.25, 0.3) is 0 Å². The molecule has 8 atom stereocenters. The van der Waals surface area contributed by atoms with Crippen molar-refractivity contribution in [2.45, 2.75) is 91.1 Å². The second kappa shape index (κ2) is 7.48. The van der Waals surface area contributed by atoms with Crippen LogP contribution in [-0.4, -0.2) is 24.9 Å². The van der Waals surface area contributed by atoms with Crippen LogP contribution in [0.5, 0.6) is 0 Å². The molecule has 0 spiro atoms. The van der Waals surface area contributed by atoms with Crippen LogP contribution in [0.15, 0.2) is 11.6 Å². The second-order valence-electron chi connectivity index (χ2n) is 10.9.